The van der Waals surface area contributed by atoms with Gasteiger partial charge in [-0.3, -0.25) is 14.4 Å². The quantitative estimate of drug-likeness (QED) is 0.698. The summed E-state index contributed by atoms with van der Waals surface area (Å²) in [5.74, 6) is -0.870. The van der Waals surface area contributed by atoms with Gasteiger partial charge in [-0.25, -0.2) is 0 Å². The number of carbonyl (C=O) groups excluding carboxylic acids is 3. The number of rotatable bonds is 7. The van der Waals surface area contributed by atoms with E-state index >= 15 is 0 Å². The zero-order valence-corrected chi connectivity index (χ0v) is 14.9. The standard InChI is InChI=1S/C18H27N3O4/c1-3-10-19-17(24)18(8-5-4-6-9-18)21-15(22)13(2)20-16(23)14-7-11-25-12-14/h7,11-13H,3-6,8-10H2,1-2H3,(H,19,24)(H,20,23)(H,21,22)/t13-/m1/s1. The lowest BCUT2D eigenvalue weighted by Crippen LogP contribution is -2.62. The summed E-state index contributed by atoms with van der Waals surface area (Å²) in [6, 6.07) is 0.779. The molecule has 0 saturated heterocycles. The summed E-state index contributed by atoms with van der Waals surface area (Å²) < 4.78 is 4.87. The Labute approximate surface area is 147 Å². The summed E-state index contributed by atoms with van der Waals surface area (Å²) in [6.07, 6.45) is 7.66. The van der Waals surface area contributed by atoms with Crippen LogP contribution in [0.4, 0.5) is 0 Å². The molecule has 0 radical (unpaired) electrons. The molecule has 1 saturated carbocycles. The van der Waals surface area contributed by atoms with E-state index in [1.807, 2.05) is 6.92 Å². The highest BCUT2D eigenvalue weighted by Gasteiger charge is 2.41. The van der Waals surface area contributed by atoms with Gasteiger partial charge in [0.15, 0.2) is 0 Å². The minimum atomic E-state index is -0.876. The fourth-order valence-corrected chi connectivity index (χ4v) is 3.06. The van der Waals surface area contributed by atoms with Crippen LogP contribution >= 0.6 is 0 Å². The molecule has 3 N–H and O–H groups in total. The van der Waals surface area contributed by atoms with Gasteiger partial charge >= 0.3 is 0 Å². The van der Waals surface area contributed by atoms with Gasteiger partial charge in [0.2, 0.25) is 11.8 Å². The second-order valence-corrected chi connectivity index (χ2v) is 6.60. The van der Waals surface area contributed by atoms with E-state index in [9.17, 15) is 14.4 Å². The van der Waals surface area contributed by atoms with Crippen molar-refractivity contribution in [1.29, 1.82) is 0 Å². The molecular formula is C18H27N3O4. The summed E-state index contributed by atoms with van der Waals surface area (Å²) in [4.78, 5) is 37.2. The number of hydrogen-bond donors (Lipinski definition) is 3. The fourth-order valence-electron chi connectivity index (χ4n) is 3.06. The first-order chi connectivity index (χ1) is 12.0. The number of carbonyl (C=O) groups is 3. The lowest BCUT2D eigenvalue weighted by molar-refractivity contribution is -0.135. The first-order valence-electron chi connectivity index (χ1n) is 8.92. The van der Waals surface area contributed by atoms with Crippen LogP contribution in [0, 0.1) is 0 Å². The number of amides is 3. The third-order valence-corrected chi connectivity index (χ3v) is 4.56. The van der Waals surface area contributed by atoms with E-state index in [1.165, 1.54) is 18.6 Å². The highest BCUT2D eigenvalue weighted by molar-refractivity contribution is 5.98. The molecule has 7 nitrogen and oxygen atoms in total. The first-order valence-corrected chi connectivity index (χ1v) is 8.92. The molecule has 0 unspecified atom stereocenters. The summed E-state index contributed by atoms with van der Waals surface area (Å²) >= 11 is 0. The average Bonchev–Trinajstić information content (AvgIpc) is 3.15. The van der Waals surface area contributed by atoms with Gasteiger partial charge in [-0.1, -0.05) is 26.2 Å². The molecule has 25 heavy (non-hydrogen) atoms. The van der Waals surface area contributed by atoms with Crippen LogP contribution < -0.4 is 16.0 Å². The second-order valence-electron chi connectivity index (χ2n) is 6.60. The molecule has 1 aromatic heterocycles. The van der Waals surface area contributed by atoms with Gasteiger partial charge in [0.1, 0.15) is 17.8 Å². The largest absolute Gasteiger partial charge is 0.472 e. The number of hydrogen-bond acceptors (Lipinski definition) is 4. The Bertz CT molecular complexity index is 591. The minimum Gasteiger partial charge on any atom is -0.472 e. The lowest BCUT2D eigenvalue weighted by atomic mass is 9.80. The van der Waals surface area contributed by atoms with Crippen molar-refractivity contribution >= 4 is 17.7 Å². The molecule has 1 aliphatic rings. The summed E-state index contributed by atoms with van der Waals surface area (Å²) in [7, 11) is 0. The van der Waals surface area contributed by atoms with E-state index in [1.54, 1.807) is 6.92 Å². The van der Waals surface area contributed by atoms with Crippen LogP contribution in [0.2, 0.25) is 0 Å². The molecule has 0 spiro atoms. The van der Waals surface area contributed by atoms with Crippen molar-refractivity contribution in [1.82, 2.24) is 16.0 Å². The van der Waals surface area contributed by atoms with Gasteiger partial charge in [0.25, 0.3) is 5.91 Å². The molecule has 1 aliphatic carbocycles. The minimum absolute atomic E-state index is 0.129. The van der Waals surface area contributed by atoms with Gasteiger partial charge in [0, 0.05) is 6.54 Å². The lowest BCUT2D eigenvalue weighted by Gasteiger charge is -2.37. The van der Waals surface area contributed by atoms with Crippen molar-refractivity contribution in [3.8, 4) is 0 Å². The van der Waals surface area contributed by atoms with Gasteiger partial charge in [-0.05, 0) is 32.3 Å². The Morgan fingerprint density at radius 1 is 1.24 bits per heavy atom. The predicted octanol–water partition coefficient (Wildman–Crippen LogP) is 1.74. The molecule has 1 heterocycles. The fraction of sp³-hybridized carbons (Fsp3) is 0.611. The SMILES string of the molecule is CCCNC(=O)C1(NC(=O)[C@@H](C)NC(=O)c2ccoc2)CCCCC1. The zero-order chi connectivity index (χ0) is 18.3. The molecule has 0 aromatic carbocycles. The van der Waals surface area contributed by atoms with Crippen LogP contribution in [0.25, 0.3) is 0 Å². The topological polar surface area (TPSA) is 100 Å². The van der Waals surface area contributed by atoms with Crippen LogP contribution in [-0.4, -0.2) is 35.8 Å². The third-order valence-electron chi connectivity index (χ3n) is 4.56. The van der Waals surface area contributed by atoms with Gasteiger partial charge < -0.3 is 20.4 Å². The van der Waals surface area contributed by atoms with E-state index in [2.05, 4.69) is 16.0 Å². The van der Waals surface area contributed by atoms with Crippen LogP contribution in [0.5, 0.6) is 0 Å². The molecule has 0 aliphatic heterocycles. The van der Waals surface area contributed by atoms with E-state index < -0.39 is 11.6 Å². The Kier molecular flexibility index (Phi) is 6.61. The summed E-state index contributed by atoms with van der Waals surface area (Å²) in [5, 5.41) is 8.43. The van der Waals surface area contributed by atoms with Crippen molar-refractivity contribution in [3.05, 3.63) is 24.2 Å². The predicted molar refractivity (Wildman–Crippen MR) is 92.9 cm³/mol. The van der Waals surface area contributed by atoms with Crippen molar-refractivity contribution in [2.75, 3.05) is 6.54 Å². The number of furan rings is 1. The smallest absolute Gasteiger partial charge is 0.255 e. The monoisotopic (exact) mass is 349 g/mol. The Hall–Kier alpha value is -2.31. The highest BCUT2D eigenvalue weighted by Crippen LogP contribution is 2.28. The van der Waals surface area contributed by atoms with Crippen LogP contribution in [-0.2, 0) is 9.59 Å². The molecule has 7 heteroatoms. The maximum absolute atomic E-state index is 12.6. The van der Waals surface area contributed by atoms with E-state index in [0.717, 1.165) is 25.7 Å². The van der Waals surface area contributed by atoms with E-state index in [4.69, 9.17) is 4.42 Å². The Balaban J connectivity index is 2.00. The molecule has 1 aromatic rings. The van der Waals surface area contributed by atoms with E-state index in [0.29, 0.717) is 24.9 Å². The van der Waals surface area contributed by atoms with Crippen LogP contribution in [0.15, 0.2) is 23.0 Å². The molecular weight excluding hydrogens is 322 g/mol. The molecule has 1 fully saturated rings. The molecule has 0 bridgehead atoms. The van der Waals surface area contributed by atoms with Crippen molar-refractivity contribution < 1.29 is 18.8 Å². The van der Waals surface area contributed by atoms with Crippen LogP contribution in [0.1, 0.15) is 62.7 Å². The number of nitrogens with one attached hydrogen (secondary N) is 3. The van der Waals surface area contributed by atoms with Crippen LogP contribution in [0.3, 0.4) is 0 Å². The van der Waals surface area contributed by atoms with Gasteiger partial charge in [0.05, 0.1) is 11.8 Å². The maximum atomic E-state index is 12.6. The summed E-state index contributed by atoms with van der Waals surface area (Å²) in [6.45, 7) is 4.18. The van der Waals surface area contributed by atoms with E-state index in [-0.39, 0.29) is 17.7 Å². The van der Waals surface area contributed by atoms with Gasteiger partial charge in [-0.2, -0.15) is 0 Å². The summed E-state index contributed by atoms with van der Waals surface area (Å²) in [5.41, 5.74) is -0.521. The molecule has 3 amide bonds. The Morgan fingerprint density at radius 3 is 2.56 bits per heavy atom. The molecule has 1 atom stereocenters. The second kappa shape index (κ2) is 8.69. The molecule has 138 valence electrons. The normalized spacial score (nSPS) is 17.4. The average molecular weight is 349 g/mol. The molecule has 2 rings (SSSR count). The van der Waals surface area contributed by atoms with Crippen molar-refractivity contribution in [2.24, 2.45) is 0 Å². The third kappa shape index (κ3) is 4.84. The maximum Gasteiger partial charge on any atom is 0.255 e. The Morgan fingerprint density at radius 2 is 1.96 bits per heavy atom. The van der Waals surface area contributed by atoms with Crippen molar-refractivity contribution in [2.45, 2.75) is 64.0 Å². The highest BCUT2D eigenvalue weighted by atomic mass is 16.3. The first kappa shape index (κ1) is 19.0. The zero-order valence-electron chi connectivity index (χ0n) is 14.9. The van der Waals surface area contributed by atoms with Gasteiger partial charge in [-0.15, -0.1) is 0 Å². The van der Waals surface area contributed by atoms with Crippen molar-refractivity contribution in [3.63, 3.8) is 0 Å².